The molecule has 4 N–H and O–H groups in total. The van der Waals surface area contributed by atoms with E-state index < -0.39 is 0 Å². The maximum absolute atomic E-state index is 5.60. The SMILES string of the molecule is CNc1cc(NCCN(C)CCOC)nc(N)n1. The molecule has 1 rings (SSSR count). The van der Waals surface area contributed by atoms with Crippen molar-refractivity contribution in [2.24, 2.45) is 0 Å². The Bertz CT molecular complexity index is 359. The summed E-state index contributed by atoms with van der Waals surface area (Å²) >= 11 is 0. The molecule has 102 valence electrons. The third-order valence-electron chi connectivity index (χ3n) is 2.48. The summed E-state index contributed by atoms with van der Waals surface area (Å²) in [6.07, 6.45) is 0. The fraction of sp³-hybridized carbons (Fsp3) is 0.636. The van der Waals surface area contributed by atoms with Gasteiger partial charge in [-0.05, 0) is 7.05 Å². The molecule has 0 saturated carbocycles. The van der Waals surface area contributed by atoms with E-state index in [2.05, 4.69) is 25.5 Å². The maximum atomic E-state index is 5.60. The number of rotatable bonds is 8. The van der Waals surface area contributed by atoms with Gasteiger partial charge in [-0.25, -0.2) is 0 Å². The van der Waals surface area contributed by atoms with E-state index in [1.807, 2.05) is 13.1 Å². The molecule has 0 aliphatic carbocycles. The van der Waals surface area contributed by atoms with Gasteiger partial charge < -0.3 is 26.0 Å². The first-order valence-corrected chi connectivity index (χ1v) is 5.89. The standard InChI is InChI=1S/C11H22N6O/c1-13-9-8-10(16-11(12)15-9)14-4-5-17(2)6-7-18-3/h8H,4-7H2,1-3H3,(H4,12,13,14,15,16). The number of nitrogens with two attached hydrogens (primary N) is 1. The van der Waals surface area contributed by atoms with Gasteiger partial charge in [0.1, 0.15) is 11.6 Å². The van der Waals surface area contributed by atoms with Gasteiger partial charge in [-0.15, -0.1) is 0 Å². The molecule has 0 unspecified atom stereocenters. The highest BCUT2D eigenvalue weighted by molar-refractivity contribution is 5.50. The number of hydrogen-bond donors (Lipinski definition) is 3. The summed E-state index contributed by atoms with van der Waals surface area (Å²) < 4.78 is 5.02. The second kappa shape index (κ2) is 7.67. The quantitative estimate of drug-likeness (QED) is 0.606. The molecule has 0 bridgehead atoms. The van der Waals surface area contributed by atoms with Gasteiger partial charge >= 0.3 is 0 Å². The minimum Gasteiger partial charge on any atom is -0.383 e. The predicted octanol–water partition coefficient (Wildman–Crippen LogP) is 0.0906. The largest absolute Gasteiger partial charge is 0.383 e. The highest BCUT2D eigenvalue weighted by atomic mass is 16.5. The van der Waals surface area contributed by atoms with Gasteiger partial charge in [0.25, 0.3) is 0 Å². The van der Waals surface area contributed by atoms with Crippen LogP contribution in [0.2, 0.25) is 0 Å². The van der Waals surface area contributed by atoms with Crippen LogP contribution in [0.4, 0.5) is 17.6 Å². The predicted molar refractivity (Wildman–Crippen MR) is 73.9 cm³/mol. The lowest BCUT2D eigenvalue weighted by atomic mass is 10.4. The molecule has 0 radical (unpaired) electrons. The first-order valence-electron chi connectivity index (χ1n) is 5.89. The van der Waals surface area contributed by atoms with E-state index in [0.717, 1.165) is 32.1 Å². The number of hydrogen-bond acceptors (Lipinski definition) is 7. The average molecular weight is 254 g/mol. The number of likely N-dealkylation sites (N-methyl/N-ethyl adjacent to an activating group) is 1. The van der Waals surface area contributed by atoms with Crippen LogP contribution in [0.15, 0.2) is 6.07 Å². The van der Waals surface area contributed by atoms with Gasteiger partial charge in [-0.2, -0.15) is 9.97 Å². The number of ether oxygens (including phenoxy) is 1. The lowest BCUT2D eigenvalue weighted by molar-refractivity contribution is 0.163. The van der Waals surface area contributed by atoms with Gasteiger partial charge in [0.2, 0.25) is 5.95 Å². The van der Waals surface area contributed by atoms with Crippen LogP contribution in [0.25, 0.3) is 0 Å². The Labute approximate surface area is 108 Å². The lowest BCUT2D eigenvalue weighted by Crippen LogP contribution is -2.28. The van der Waals surface area contributed by atoms with Crippen LogP contribution in [0.3, 0.4) is 0 Å². The van der Waals surface area contributed by atoms with Gasteiger partial charge in [-0.3, -0.25) is 0 Å². The van der Waals surface area contributed by atoms with Crippen molar-refractivity contribution >= 4 is 17.6 Å². The fourth-order valence-corrected chi connectivity index (χ4v) is 1.42. The summed E-state index contributed by atoms with van der Waals surface area (Å²) in [4.78, 5) is 10.3. The van der Waals surface area contributed by atoms with E-state index in [-0.39, 0.29) is 5.95 Å². The van der Waals surface area contributed by atoms with Crippen molar-refractivity contribution in [2.45, 2.75) is 0 Å². The number of aromatic nitrogens is 2. The highest BCUT2D eigenvalue weighted by Crippen LogP contribution is 2.11. The van der Waals surface area contributed by atoms with Crippen molar-refractivity contribution in [1.82, 2.24) is 14.9 Å². The number of nitrogen functional groups attached to an aromatic ring is 1. The van der Waals surface area contributed by atoms with Crippen LogP contribution >= 0.6 is 0 Å². The summed E-state index contributed by atoms with van der Waals surface area (Å²) in [7, 11) is 5.55. The molecule has 0 spiro atoms. The Balaban J connectivity index is 2.36. The summed E-state index contributed by atoms with van der Waals surface area (Å²) in [5.74, 6) is 1.70. The number of anilines is 3. The molecule has 7 nitrogen and oxygen atoms in total. The van der Waals surface area contributed by atoms with Crippen LogP contribution in [-0.2, 0) is 4.74 Å². The van der Waals surface area contributed by atoms with Crippen molar-refractivity contribution in [1.29, 1.82) is 0 Å². The summed E-state index contributed by atoms with van der Waals surface area (Å²) in [5.41, 5.74) is 5.60. The van der Waals surface area contributed by atoms with E-state index in [9.17, 15) is 0 Å². The molecule has 0 atom stereocenters. The summed E-state index contributed by atoms with van der Waals surface area (Å²) in [6, 6.07) is 1.82. The Morgan fingerprint density at radius 2 is 2.06 bits per heavy atom. The van der Waals surface area contributed by atoms with Crippen molar-refractivity contribution in [3.63, 3.8) is 0 Å². The fourth-order valence-electron chi connectivity index (χ4n) is 1.42. The molecular formula is C11H22N6O. The van der Waals surface area contributed by atoms with Crippen LogP contribution in [0, 0.1) is 0 Å². The molecular weight excluding hydrogens is 232 g/mol. The van der Waals surface area contributed by atoms with E-state index in [0.29, 0.717) is 5.82 Å². The van der Waals surface area contributed by atoms with E-state index in [1.54, 1.807) is 14.2 Å². The minimum absolute atomic E-state index is 0.261. The smallest absolute Gasteiger partial charge is 0.223 e. The van der Waals surface area contributed by atoms with Crippen molar-refractivity contribution < 1.29 is 4.74 Å². The summed E-state index contributed by atoms with van der Waals surface area (Å²) in [6.45, 7) is 3.34. The Kier molecular flexibility index (Phi) is 6.16. The molecule has 18 heavy (non-hydrogen) atoms. The van der Waals surface area contributed by atoms with E-state index in [4.69, 9.17) is 10.5 Å². The van der Waals surface area contributed by atoms with Crippen LogP contribution in [0.1, 0.15) is 0 Å². The molecule has 1 heterocycles. The zero-order valence-corrected chi connectivity index (χ0v) is 11.2. The molecule has 0 aliphatic rings. The molecule has 0 fully saturated rings. The molecule has 0 aliphatic heterocycles. The second-order valence-corrected chi connectivity index (χ2v) is 3.97. The topological polar surface area (TPSA) is 88.3 Å². The normalized spacial score (nSPS) is 10.7. The number of nitrogens with zero attached hydrogens (tertiary/aromatic N) is 3. The highest BCUT2D eigenvalue weighted by Gasteiger charge is 2.01. The lowest BCUT2D eigenvalue weighted by Gasteiger charge is -2.16. The monoisotopic (exact) mass is 254 g/mol. The van der Waals surface area contributed by atoms with Crippen LogP contribution < -0.4 is 16.4 Å². The Morgan fingerprint density at radius 1 is 1.33 bits per heavy atom. The maximum Gasteiger partial charge on any atom is 0.223 e. The molecule has 1 aromatic heterocycles. The zero-order valence-electron chi connectivity index (χ0n) is 11.2. The average Bonchev–Trinajstić information content (AvgIpc) is 2.35. The van der Waals surface area contributed by atoms with Gasteiger partial charge in [0, 0.05) is 39.9 Å². The number of nitrogens with one attached hydrogen (secondary N) is 2. The molecule has 0 amide bonds. The van der Waals surface area contributed by atoms with Crippen LogP contribution in [-0.4, -0.2) is 62.3 Å². The Hall–Kier alpha value is -1.60. The van der Waals surface area contributed by atoms with E-state index in [1.165, 1.54) is 0 Å². The van der Waals surface area contributed by atoms with Gasteiger partial charge in [0.15, 0.2) is 0 Å². The third-order valence-corrected chi connectivity index (χ3v) is 2.48. The molecule has 0 saturated heterocycles. The van der Waals surface area contributed by atoms with Crippen molar-refractivity contribution in [2.75, 3.05) is 63.8 Å². The number of methoxy groups -OCH3 is 1. The second-order valence-electron chi connectivity index (χ2n) is 3.97. The van der Waals surface area contributed by atoms with Crippen molar-refractivity contribution in [3.8, 4) is 0 Å². The van der Waals surface area contributed by atoms with E-state index >= 15 is 0 Å². The molecule has 7 heteroatoms. The van der Waals surface area contributed by atoms with Gasteiger partial charge in [-0.1, -0.05) is 0 Å². The zero-order chi connectivity index (χ0) is 13.4. The third kappa shape index (κ3) is 5.15. The van der Waals surface area contributed by atoms with Crippen molar-refractivity contribution in [3.05, 3.63) is 6.07 Å². The summed E-state index contributed by atoms with van der Waals surface area (Å²) in [5, 5.41) is 6.15. The minimum atomic E-state index is 0.261. The Morgan fingerprint density at radius 3 is 2.72 bits per heavy atom. The van der Waals surface area contributed by atoms with Gasteiger partial charge in [0.05, 0.1) is 6.61 Å². The van der Waals surface area contributed by atoms with Crippen LogP contribution in [0.5, 0.6) is 0 Å². The first-order chi connectivity index (χ1) is 8.65. The molecule has 1 aromatic rings. The molecule has 0 aromatic carbocycles. The first kappa shape index (κ1) is 14.5.